The Morgan fingerprint density at radius 3 is 2.65 bits per heavy atom. The van der Waals surface area contributed by atoms with Crippen LogP contribution in [-0.2, 0) is 4.74 Å². The van der Waals surface area contributed by atoms with Gasteiger partial charge in [-0.3, -0.25) is 0 Å². The lowest BCUT2D eigenvalue weighted by Gasteiger charge is -2.36. The van der Waals surface area contributed by atoms with Gasteiger partial charge in [-0.2, -0.15) is 0 Å². The molecule has 0 amide bonds. The Kier molecular flexibility index (Phi) is 6.48. The Morgan fingerprint density at radius 1 is 1.30 bits per heavy atom. The van der Waals surface area contributed by atoms with Crippen molar-refractivity contribution in [2.45, 2.75) is 56.8 Å². The minimum Gasteiger partial charge on any atom is -0.493 e. The van der Waals surface area contributed by atoms with Crippen molar-refractivity contribution in [3.05, 3.63) is 36.4 Å². The van der Waals surface area contributed by atoms with Crippen LogP contribution in [0.5, 0.6) is 11.5 Å². The molecule has 0 saturated carbocycles. The molecule has 1 N–H and O–H groups in total. The zero-order chi connectivity index (χ0) is 16.8. The van der Waals surface area contributed by atoms with Crippen molar-refractivity contribution in [2.24, 2.45) is 0 Å². The summed E-state index contributed by atoms with van der Waals surface area (Å²) in [5.41, 5.74) is 1.21. The van der Waals surface area contributed by atoms with Crippen molar-refractivity contribution >= 4 is 0 Å². The summed E-state index contributed by atoms with van der Waals surface area (Å²) >= 11 is 0. The minimum atomic E-state index is -0.359. The Bertz CT molecular complexity index is 514. The fraction of sp³-hybridized carbons (Fsp3) is 0.579. The molecule has 2 rings (SSSR count). The van der Waals surface area contributed by atoms with Gasteiger partial charge in [-0.1, -0.05) is 12.1 Å². The predicted molar refractivity (Wildman–Crippen MR) is 91.3 cm³/mol. The van der Waals surface area contributed by atoms with Crippen molar-refractivity contribution in [1.29, 1.82) is 0 Å². The van der Waals surface area contributed by atoms with E-state index in [9.17, 15) is 5.11 Å². The lowest BCUT2D eigenvalue weighted by Crippen LogP contribution is -2.34. The first-order valence-corrected chi connectivity index (χ1v) is 8.25. The van der Waals surface area contributed by atoms with Crippen molar-refractivity contribution in [1.82, 2.24) is 0 Å². The van der Waals surface area contributed by atoms with Crippen LogP contribution in [0.3, 0.4) is 0 Å². The molecular formula is C19H28O4. The molecule has 1 heterocycles. The third-order valence-electron chi connectivity index (χ3n) is 4.58. The molecule has 4 atom stereocenters. The number of methoxy groups -OCH3 is 2. The summed E-state index contributed by atoms with van der Waals surface area (Å²) in [6, 6.07) is 6.07. The molecule has 23 heavy (non-hydrogen) atoms. The predicted octanol–water partition coefficient (Wildman–Crippen LogP) is 3.68. The van der Waals surface area contributed by atoms with Crippen LogP contribution in [0.25, 0.3) is 0 Å². The van der Waals surface area contributed by atoms with Gasteiger partial charge in [0.1, 0.15) is 0 Å². The van der Waals surface area contributed by atoms with Crippen molar-refractivity contribution in [3.8, 4) is 11.5 Å². The zero-order valence-electron chi connectivity index (χ0n) is 14.3. The summed E-state index contributed by atoms with van der Waals surface area (Å²) < 4.78 is 16.8. The third kappa shape index (κ3) is 4.49. The maximum atomic E-state index is 9.91. The van der Waals surface area contributed by atoms with E-state index in [1.54, 1.807) is 20.3 Å². The minimum absolute atomic E-state index is 0.114. The van der Waals surface area contributed by atoms with E-state index >= 15 is 0 Å². The number of aliphatic hydroxyl groups is 1. The Morgan fingerprint density at radius 2 is 2.04 bits per heavy atom. The lowest BCUT2D eigenvalue weighted by molar-refractivity contribution is -0.0709. The van der Waals surface area contributed by atoms with Crippen molar-refractivity contribution in [2.75, 3.05) is 14.2 Å². The average molecular weight is 320 g/mol. The second-order valence-electron chi connectivity index (χ2n) is 6.18. The molecule has 1 aromatic rings. The van der Waals surface area contributed by atoms with E-state index in [-0.39, 0.29) is 18.3 Å². The average Bonchev–Trinajstić information content (AvgIpc) is 2.54. The Balaban J connectivity index is 2.02. The van der Waals surface area contributed by atoms with Crippen LogP contribution in [0.4, 0.5) is 0 Å². The van der Waals surface area contributed by atoms with Gasteiger partial charge in [-0.05, 0) is 50.3 Å². The fourth-order valence-electron chi connectivity index (χ4n) is 3.35. The smallest absolute Gasteiger partial charge is 0.160 e. The summed E-state index contributed by atoms with van der Waals surface area (Å²) in [6.07, 6.45) is 4.92. The molecule has 0 aromatic heterocycles. The van der Waals surface area contributed by atoms with Crippen LogP contribution >= 0.6 is 0 Å². The topological polar surface area (TPSA) is 47.9 Å². The van der Waals surface area contributed by atoms with Crippen LogP contribution in [0.2, 0.25) is 0 Å². The number of rotatable bonds is 7. The molecule has 1 saturated heterocycles. The molecule has 0 spiro atoms. The quantitative estimate of drug-likeness (QED) is 0.779. The summed E-state index contributed by atoms with van der Waals surface area (Å²) in [4.78, 5) is 0. The fourth-order valence-corrected chi connectivity index (χ4v) is 3.35. The highest BCUT2D eigenvalue weighted by atomic mass is 16.5. The van der Waals surface area contributed by atoms with E-state index in [2.05, 4.69) is 19.6 Å². The number of aliphatic hydroxyl groups excluding tert-OH is 1. The second-order valence-corrected chi connectivity index (χ2v) is 6.18. The van der Waals surface area contributed by atoms with Crippen LogP contribution < -0.4 is 9.47 Å². The Labute approximate surface area is 139 Å². The summed E-state index contributed by atoms with van der Waals surface area (Å²) in [7, 11) is 3.29. The number of hydrogen-bond acceptors (Lipinski definition) is 4. The molecule has 0 radical (unpaired) electrons. The molecule has 128 valence electrons. The normalized spacial score (nSPS) is 25.7. The standard InChI is InChI=1S/C19H28O4/c1-5-6-15(20)12-16-8-9-17(13(2)23-16)14-7-10-18(21-3)19(11-14)22-4/h5,7,10-11,13,15-17,20H,1,6,8-9,12H2,2-4H3/t13-,15+,16+,17+/m1/s1. The third-order valence-corrected chi connectivity index (χ3v) is 4.58. The summed E-state index contributed by atoms with van der Waals surface area (Å²) in [5.74, 6) is 1.83. The van der Waals surface area contributed by atoms with Gasteiger partial charge in [-0.15, -0.1) is 6.58 Å². The Hall–Kier alpha value is -1.52. The van der Waals surface area contributed by atoms with Crippen LogP contribution in [0.1, 0.15) is 44.1 Å². The van der Waals surface area contributed by atoms with Crippen LogP contribution in [0.15, 0.2) is 30.9 Å². The summed E-state index contributed by atoms with van der Waals surface area (Å²) in [5, 5.41) is 9.91. The molecule has 1 fully saturated rings. The molecule has 1 aliphatic heterocycles. The molecule has 1 aromatic carbocycles. The van der Waals surface area contributed by atoms with Gasteiger partial charge in [0.2, 0.25) is 0 Å². The van der Waals surface area contributed by atoms with Gasteiger partial charge in [0, 0.05) is 5.92 Å². The number of ether oxygens (including phenoxy) is 3. The number of benzene rings is 1. The lowest BCUT2D eigenvalue weighted by atomic mass is 9.85. The van der Waals surface area contributed by atoms with Crippen molar-refractivity contribution in [3.63, 3.8) is 0 Å². The van der Waals surface area contributed by atoms with Gasteiger partial charge in [-0.25, -0.2) is 0 Å². The molecule has 4 nitrogen and oxygen atoms in total. The van der Waals surface area contributed by atoms with Crippen molar-refractivity contribution < 1.29 is 19.3 Å². The zero-order valence-corrected chi connectivity index (χ0v) is 14.3. The molecule has 0 aliphatic carbocycles. The van der Waals surface area contributed by atoms with E-state index in [4.69, 9.17) is 14.2 Å². The highest BCUT2D eigenvalue weighted by Crippen LogP contribution is 2.38. The van der Waals surface area contributed by atoms with E-state index < -0.39 is 0 Å². The first-order chi connectivity index (χ1) is 11.1. The van der Waals surface area contributed by atoms with E-state index in [1.165, 1.54) is 5.56 Å². The highest BCUT2D eigenvalue weighted by Gasteiger charge is 2.30. The van der Waals surface area contributed by atoms with Gasteiger partial charge >= 0.3 is 0 Å². The van der Waals surface area contributed by atoms with E-state index in [1.807, 2.05) is 12.1 Å². The monoisotopic (exact) mass is 320 g/mol. The van der Waals surface area contributed by atoms with E-state index in [0.29, 0.717) is 18.8 Å². The number of hydrogen-bond donors (Lipinski definition) is 1. The van der Waals surface area contributed by atoms with Crippen LogP contribution in [0, 0.1) is 0 Å². The molecule has 4 heteroatoms. The molecule has 0 bridgehead atoms. The SMILES string of the molecule is C=CC[C@H](O)C[C@@H]1CC[C@H](c2ccc(OC)c(OC)c2)[C@@H](C)O1. The highest BCUT2D eigenvalue weighted by molar-refractivity contribution is 5.44. The first kappa shape index (κ1) is 17.8. The molecular weight excluding hydrogens is 292 g/mol. The van der Waals surface area contributed by atoms with Gasteiger partial charge < -0.3 is 19.3 Å². The largest absolute Gasteiger partial charge is 0.493 e. The van der Waals surface area contributed by atoms with Gasteiger partial charge in [0.05, 0.1) is 32.5 Å². The second kappa shape index (κ2) is 8.37. The van der Waals surface area contributed by atoms with Gasteiger partial charge in [0.25, 0.3) is 0 Å². The van der Waals surface area contributed by atoms with Gasteiger partial charge in [0.15, 0.2) is 11.5 Å². The maximum absolute atomic E-state index is 9.91. The first-order valence-electron chi connectivity index (χ1n) is 8.25. The summed E-state index contributed by atoms with van der Waals surface area (Å²) in [6.45, 7) is 5.77. The van der Waals surface area contributed by atoms with E-state index in [0.717, 1.165) is 24.3 Å². The maximum Gasteiger partial charge on any atom is 0.160 e. The molecule has 1 aliphatic rings. The molecule has 0 unspecified atom stereocenters. The van der Waals surface area contributed by atoms with Crippen LogP contribution in [-0.4, -0.2) is 37.6 Å².